The number of hydrogen-bond donors (Lipinski definition) is 3. The van der Waals surface area contributed by atoms with Gasteiger partial charge < -0.3 is 33.8 Å². The summed E-state index contributed by atoms with van der Waals surface area (Å²) in [5, 5.41) is 14.9. The lowest BCUT2D eigenvalue weighted by Crippen LogP contribution is -2.40. The van der Waals surface area contributed by atoms with Crippen LogP contribution in [0.2, 0.25) is 5.02 Å². The SMILES string of the molecule is CC(C)N(C(=O)COc1nnc(C(F)(F)F)s1)c1ccc(F)cc1.COC(=O)CSc1cc(N=c2sc(=O)n3n2CCCC3)c(F)cc1Cl.C[S+](C)C.O=C(O)CNCP(=O)([O-])O. The topological polar surface area (TPSA) is 231 Å². The summed E-state index contributed by atoms with van der Waals surface area (Å²) in [6.07, 6.45) is 3.16. The van der Waals surface area contributed by atoms with Crippen LogP contribution in [0.1, 0.15) is 31.7 Å². The van der Waals surface area contributed by atoms with E-state index in [1.54, 1.807) is 23.2 Å². The number of carboxylic acids is 1. The summed E-state index contributed by atoms with van der Waals surface area (Å²) in [6, 6.07) is 7.66. The fourth-order valence-corrected chi connectivity index (χ4v) is 7.59. The third-order valence-corrected chi connectivity index (χ3v) is 11.0. The van der Waals surface area contributed by atoms with Gasteiger partial charge in [-0.3, -0.25) is 29.2 Å². The second-order valence-electron chi connectivity index (χ2n) is 13.1. The van der Waals surface area contributed by atoms with E-state index in [4.69, 9.17) is 26.3 Å². The molecule has 0 aliphatic carbocycles. The number of benzene rings is 2. The van der Waals surface area contributed by atoms with Crippen LogP contribution in [0, 0.1) is 11.6 Å². The van der Waals surface area contributed by atoms with Gasteiger partial charge in [0.2, 0.25) is 9.81 Å². The summed E-state index contributed by atoms with van der Waals surface area (Å²) in [4.78, 5) is 69.9. The number of carbonyl (C=O) groups is 3. The number of nitrogens with one attached hydrogen (secondary N) is 1. The molecule has 28 heteroatoms. The molecule has 63 heavy (non-hydrogen) atoms. The van der Waals surface area contributed by atoms with Crippen molar-refractivity contribution >= 4 is 93.7 Å². The minimum Gasteiger partial charge on any atom is -0.778 e. The number of ether oxygens (including phenoxy) is 2. The molecule has 0 saturated carbocycles. The van der Waals surface area contributed by atoms with E-state index in [0.29, 0.717) is 39.4 Å². The van der Waals surface area contributed by atoms with Crippen LogP contribution >= 0.6 is 53.6 Å². The summed E-state index contributed by atoms with van der Waals surface area (Å²) in [5.74, 6) is -3.04. The van der Waals surface area contributed by atoms with Crippen LogP contribution < -0.4 is 29.5 Å². The van der Waals surface area contributed by atoms with Crippen LogP contribution in [0.5, 0.6) is 5.19 Å². The number of methoxy groups -OCH3 is 1. The van der Waals surface area contributed by atoms with Gasteiger partial charge in [0.1, 0.15) is 24.9 Å². The van der Waals surface area contributed by atoms with Crippen molar-refractivity contribution in [1.82, 2.24) is 24.9 Å². The van der Waals surface area contributed by atoms with Crippen molar-refractivity contribution < 1.29 is 65.3 Å². The minimum absolute atomic E-state index is 0.0605. The normalized spacial score (nSPS) is 13.3. The third-order valence-electron chi connectivity index (χ3n) is 7.13. The molecule has 0 saturated heterocycles. The highest BCUT2D eigenvalue weighted by molar-refractivity contribution is 8.00. The fourth-order valence-electron chi connectivity index (χ4n) is 4.64. The maximum atomic E-state index is 14.3. The first kappa shape index (κ1) is 55.3. The second-order valence-corrected chi connectivity index (χ2v) is 20.5. The molecule has 5 rings (SSSR count). The van der Waals surface area contributed by atoms with Gasteiger partial charge in [0.15, 0.2) is 6.61 Å². The van der Waals surface area contributed by atoms with E-state index in [1.165, 1.54) is 42.3 Å². The van der Waals surface area contributed by atoms with Crippen LogP contribution in [0.4, 0.5) is 33.3 Å². The molecule has 3 heterocycles. The highest BCUT2D eigenvalue weighted by Crippen LogP contribution is 2.35. The maximum Gasteiger partial charge on any atom is 0.445 e. The molecule has 350 valence electrons. The molecule has 1 unspecified atom stereocenters. The number of rotatable bonds is 13. The highest BCUT2D eigenvalue weighted by Gasteiger charge is 2.36. The smallest absolute Gasteiger partial charge is 0.445 e. The van der Waals surface area contributed by atoms with E-state index in [-0.39, 0.29) is 43.9 Å². The number of carbonyl (C=O) groups excluding carboxylic acids is 2. The average Bonchev–Trinajstić information content (AvgIpc) is 3.79. The molecule has 1 atom stereocenters. The molecule has 0 fully saturated rings. The number of anilines is 1. The van der Waals surface area contributed by atoms with Gasteiger partial charge in [-0.15, -0.1) is 16.9 Å². The number of esters is 1. The molecular formula is C35H44ClF5N7O10PS4. The Morgan fingerprint density at radius 3 is 2.22 bits per heavy atom. The molecule has 0 bridgehead atoms. The van der Waals surface area contributed by atoms with Gasteiger partial charge in [-0.25, -0.2) is 18.5 Å². The molecule has 1 aliphatic heterocycles. The Morgan fingerprint density at radius 2 is 1.70 bits per heavy atom. The van der Waals surface area contributed by atoms with Crippen LogP contribution in [0.15, 0.2) is 51.1 Å². The lowest BCUT2D eigenvalue weighted by molar-refractivity contribution is -0.193. The molecule has 4 aromatic rings. The first-order valence-electron chi connectivity index (χ1n) is 17.9. The number of halogens is 6. The summed E-state index contributed by atoms with van der Waals surface area (Å²) in [7, 11) is -2.41. The summed E-state index contributed by atoms with van der Waals surface area (Å²) < 4.78 is 87.5. The Kier molecular flexibility index (Phi) is 23.0. The van der Waals surface area contributed by atoms with E-state index < -0.39 is 67.7 Å². The quantitative estimate of drug-likeness (QED) is 0.0528. The summed E-state index contributed by atoms with van der Waals surface area (Å²) >= 11 is 8.38. The number of amides is 1. The number of aromatic nitrogens is 4. The summed E-state index contributed by atoms with van der Waals surface area (Å²) in [5.41, 5.74) is 0.535. The Labute approximate surface area is 377 Å². The average molecular weight is 1010 g/mol. The van der Waals surface area contributed by atoms with Gasteiger partial charge in [0, 0.05) is 29.7 Å². The molecule has 0 radical (unpaired) electrons. The van der Waals surface area contributed by atoms with Crippen molar-refractivity contribution in [3.8, 4) is 5.19 Å². The van der Waals surface area contributed by atoms with E-state index in [0.717, 1.165) is 42.0 Å². The highest BCUT2D eigenvalue weighted by atomic mass is 35.5. The third kappa shape index (κ3) is 20.2. The van der Waals surface area contributed by atoms with Gasteiger partial charge >= 0.3 is 23.0 Å². The van der Waals surface area contributed by atoms with Gasteiger partial charge in [-0.1, -0.05) is 28.0 Å². The second kappa shape index (κ2) is 26.2. The Hall–Kier alpha value is -3.88. The number of hydrogen-bond acceptors (Lipinski definition) is 15. The molecule has 0 spiro atoms. The van der Waals surface area contributed by atoms with Gasteiger partial charge in [-0.05, 0) is 85.3 Å². The number of thioether (sulfide) groups is 1. The Balaban J connectivity index is 0.000000335. The Morgan fingerprint density at radius 1 is 1.10 bits per heavy atom. The van der Waals surface area contributed by atoms with E-state index in [1.807, 2.05) is 5.32 Å². The number of fused-ring (bicyclic) bond motifs is 1. The lowest BCUT2D eigenvalue weighted by Gasteiger charge is -2.26. The standard InChI is InChI=1S/C15H15ClFN3O3S2.C14H13F4N3O2S.C3H8NO5P.C3H9S/c1-23-13(21)8-24-12-7-11(10(17)6-9(12)16)18-14-19-4-2-3-5-20(19)15(22)25-14;1-8(2)21(10-5-3-9(15)4-6-10)11(22)7-23-13-20-19-12(24-13)14(16,17)18;5-3(6)1-4-2-10(7,8)9;1-4(2)3/h6-7H,2-5,8H2,1H3;3-6,8H,7H2,1-2H3;4H,1-2H2,(H,5,6)(H2,7,8,9);1-3H3/q;;;+1/p-1. The first-order chi connectivity index (χ1) is 29.3. The van der Waals surface area contributed by atoms with E-state index in [9.17, 15) is 50.6 Å². The van der Waals surface area contributed by atoms with Gasteiger partial charge in [-0.2, -0.15) is 13.2 Å². The van der Waals surface area contributed by atoms with Crippen molar-refractivity contribution in [1.29, 1.82) is 0 Å². The van der Waals surface area contributed by atoms with Crippen LogP contribution in [0.25, 0.3) is 0 Å². The first-order valence-corrected chi connectivity index (χ1v) is 25.1. The summed E-state index contributed by atoms with van der Waals surface area (Å²) in [6.45, 7) is 3.82. The maximum absolute atomic E-state index is 14.3. The monoisotopic (exact) mass is 1010 g/mol. The van der Waals surface area contributed by atoms with Crippen LogP contribution in [0.3, 0.4) is 0 Å². The lowest BCUT2D eigenvalue weighted by atomic mass is 10.2. The van der Waals surface area contributed by atoms with Crippen molar-refractivity contribution in [2.45, 2.75) is 56.9 Å². The zero-order chi connectivity index (χ0) is 47.7. The van der Waals surface area contributed by atoms with Crippen molar-refractivity contribution in [2.75, 3.05) is 56.0 Å². The zero-order valence-electron chi connectivity index (χ0n) is 34.4. The molecule has 1 aliphatic rings. The number of alkyl halides is 3. The molecule has 2 aromatic carbocycles. The van der Waals surface area contributed by atoms with Gasteiger partial charge in [0.05, 0.1) is 49.5 Å². The van der Waals surface area contributed by atoms with Crippen molar-refractivity contribution in [2.24, 2.45) is 4.99 Å². The molecule has 1 amide bonds. The Bertz CT molecular complexity index is 2300. The molecule has 17 nitrogen and oxygen atoms in total. The molecule has 2 aromatic heterocycles. The fraction of sp³-hybridized carbons (Fsp3) is 0.457. The minimum atomic E-state index is -4.61. The predicted molar refractivity (Wildman–Crippen MR) is 230 cm³/mol. The van der Waals surface area contributed by atoms with Crippen molar-refractivity contribution in [3.63, 3.8) is 0 Å². The largest absolute Gasteiger partial charge is 0.778 e. The predicted octanol–water partition coefficient (Wildman–Crippen LogP) is 4.97. The number of nitrogens with zero attached hydrogens (tertiary/aromatic N) is 6. The van der Waals surface area contributed by atoms with Gasteiger partial charge in [0.25, 0.3) is 11.1 Å². The van der Waals surface area contributed by atoms with E-state index >= 15 is 0 Å². The molecule has 3 N–H and O–H groups in total. The van der Waals surface area contributed by atoms with Crippen LogP contribution in [-0.4, -0.2) is 105 Å². The van der Waals surface area contributed by atoms with Crippen LogP contribution in [-0.2, 0) is 53.8 Å². The number of aliphatic carboxylic acids is 1. The van der Waals surface area contributed by atoms with Crippen molar-refractivity contribution in [3.05, 3.63) is 72.5 Å². The number of carboxylic acid groups (broad SMARTS) is 1. The molecular weight excluding hydrogens is 968 g/mol. The van der Waals surface area contributed by atoms with E-state index in [2.05, 4.69) is 38.7 Å². The zero-order valence-corrected chi connectivity index (χ0v) is 39.3.